The van der Waals surface area contributed by atoms with E-state index in [1.165, 1.54) is 109 Å². The van der Waals surface area contributed by atoms with Crippen molar-refractivity contribution in [2.75, 3.05) is 53.6 Å². The first-order valence-corrected chi connectivity index (χ1v) is 17.5. The molecular formula is C34H66IN3O6. The maximum atomic E-state index is 12.8. The molecule has 0 radical (unpaired) electrons. The van der Waals surface area contributed by atoms with Crippen molar-refractivity contribution in [3.05, 3.63) is 0 Å². The maximum Gasteiger partial charge on any atom is 0.417 e. The number of hydrogen-bond acceptors (Lipinski definition) is 6. The van der Waals surface area contributed by atoms with Crippen molar-refractivity contribution in [2.24, 2.45) is 0 Å². The van der Waals surface area contributed by atoms with Crippen LogP contribution in [-0.4, -0.2) is 93.2 Å². The third-order valence-corrected chi connectivity index (χ3v) is 8.98. The highest BCUT2D eigenvalue weighted by atomic mass is 127. The minimum atomic E-state index is -0.669. The van der Waals surface area contributed by atoms with E-state index in [9.17, 15) is 14.4 Å². The van der Waals surface area contributed by atoms with Gasteiger partial charge in [-0.1, -0.05) is 103 Å². The quantitative estimate of drug-likeness (QED) is 0.0884. The number of imide groups is 1. The van der Waals surface area contributed by atoms with E-state index < -0.39 is 18.3 Å². The highest BCUT2D eigenvalue weighted by molar-refractivity contribution is 5.91. The molecule has 1 aliphatic heterocycles. The van der Waals surface area contributed by atoms with Crippen LogP contribution in [0.15, 0.2) is 0 Å². The van der Waals surface area contributed by atoms with E-state index in [-0.39, 0.29) is 49.1 Å². The normalized spacial score (nSPS) is 18.6. The third kappa shape index (κ3) is 20.1. The van der Waals surface area contributed by atoms with Crippen molar-refractivity contribution in [2.45, 2.75) is 148 Å². The fourth-order valence-corrected chi connectivity index (χ4v) is 5.93. The van der Waals surface area contributed by atoms with Crippen LogP contribution in [-0.2, 0) is 19.0 Å². The van der Waals surface area contributed by atoms with Crippen molar-refractivity contribution >= 4 is 18.1 Å². The highest BCUT2D eigenvalue weighted by Crippen LogP contribution is 2.22. The number of hydrogen-bond donors (Lipinski definition) is 1. The number of halogens is 1. The molecule has 1 saturated heterocycles. The van der Waals surface area contributed by atoms with Crippen molar-refractivity contribution in [1.29, 1.82) is 0 Å². The number of rotatable bonds is 24. The fourth-order valence-electron chi connectivity index (χ4n) is 5.93. The van der Waals surface area contributed by atoms with Gasteiger partial charge in [-0.25, -0.2) is 14.5 Å². The minimum Gasteiger partial charge on any atom is -1.00 e. The van der Waals surface area contributed by atoms with Gasteiger partial charge >= 0.3 is 12.2 Å². The zero-order chi connectivity index (χ0) is 31.8. The van der Waals surface area contributed by atoms with E-state index in [0.29, 0.717) is 6.54 Å². The van der Waals surface area contributed by atoms with Gasteiger partial charge < -0.3 is 48.0 Å². The van der Waals surface area contributed by atoms with Gasteiger partial charge in [0.1, 0.15) is 19.3 Å². The first-order valence-electron chi connectivity index (χ1n) is 17.5. The Kier molecular flexibility index (Phi) is 26.3. The van der Waals surface area contributed by atoms with Gasteiger partial charge in [0.25, 0.3) is 0 Å². The molecule has 3 atom stereocenters. The average Bonchev–Trinajstić information content (AvgIpc) is 2.98. The number of alkyl carbamates (subject to hydrolysis) is 1. The second kappa shape index (κ2) is 27.0. The predicted octanol–water partition coefficient (Wildman–Crippen LogP) is 4.61. The fraction of sp³-hybridized carbons (Fsp3) is 0.912. The average molecular weight is 740 g/mol. The second-order valence-electron chi connectivity index (χ2n) is 12.8. The third-order valence-electron chi connectivity index (χ3n) is 8.98. The number of nitrogens with one attached hydrogen (secondary N) is 1. The van der Waals surface area contributed by atoms with E-state index in [1.807, 2.05) is 0 Å². The Bertz CT molecular complexity index is 759. The van der Waals surface area contributed by atoms with E-state index in [4.69, 9.17) is 14.2 Å². The van der Waals surface area contributed by atoms with Gasteiger partial charge in [0.2, 0.25) is 5.91 Å². The molecule has 1 rings (SSSR count). The van der Waals surface area contributed by atoms with E-state index in [1.54, 1.807) is 0 Å². The second-order valence-corrected chi connectivity index (χ2v) is 12.8. The van der Waals surface area contributed by atoms with Crippen molar-refractivity contribution < 1.29 is 57.1 Å². The number of unbranched alkanes of at least 4 members (excludes halogenated alkanes) is 15. The Morgan fingerprint density at radius 2 is 1.32 bits per heavy atom. The molecule has 9 nitrogen and oxygen atoms in total. The zero-order valence-corrected chi connectivity index (χ0v) is 31.0. The number of quaternary nitrogens is 1. The first kappa shape index (κ1) is 42.9. The molecule has 1 heterocycles. The first-order chi connectivity index (χ1) is 20.8. The van der Waals surface area contributed by atoms with E-state index >= 15 is 0 Å². The molecule has 0 spiro atoms. The number of carbonyl (C=O) groups excluding carboxylic acids is 3. The molecule has 0 aliphatic carbocycles. The summed E-state index contributed by atoms with van der Waals surface area (Å²) in [6, 6.07) is -0.184. The van der Waals surface area contributed by atoms with E-state index in [2.05, 4.69) is 26.2 Å². The number of methoxy groups -OCH3 is 1. The van der Waals surface area contributed by atoms with Gasteiger partial charge in [-0.05, 0) is 26.2 Å². The summed E-state index contributed by atoms with van der Waals surface area (Å²) in [5.41, 5.74) is 0. The number of likely N-dealkylation sites (N-methyl/N-ethyl adjacent to an activating group) is 1. The zero-order valence-electron chi connectivity index (χ0n) is 28.8. The Morgan fingerprint density at radius 3 is 1.80 bits per heavy atom. The largest absolute Gasteiger partial charge is 1.00 e. The van der Waals surface area contributed by atoms with Crippen LogP contribution < -0.4 is 29.3 Å². The van der Waals surface area contributed by atoms with Crippen LogP contribution in [0.3, 0.4) is 0 Å². The molecule has 10 heteroatoms. The molecule has 260 valence electrons. The highest BCUT2D eigenvalue weighted by Gasteiger charge is 2.38. The lowest BCUT2D eigenvalue weighted by Crippen LogP contribution is -3.00. The van der Waals surface area contributed by atoms with Crippen LogP contribution in [0, 0.1) is 0 Å². The summed E-state index contributed by atoms with van der Waals surface area (Å²) in [5.74, 6) is -0.321. The van der Waals surface area contributed by atoms with Crippen LogP contribution in [0.1, 0.15) is 136 Å². The van der Waals surface area contributed by atoms with Crippen LogP contribution in [0.25, 0.3) is 0 Å². The molecule has 1 fully saturated rings. The van der Waals surface area contributed by atoms with Crippen molar-refractivity contribution in [3.63, 3.8) is 0 Å². The van der Waals surface area contributed by atoms with Gasteiger partial charge in [-0.2, -0.15) is 0 Å². The molecule has 0 bridgehead atoms. The van der Waals surface area contributed by atoms with Gasteiger partial charge in [-0.15, -0.1) is 0 Å². The molecule has 3 unspecified atom stereocenters. The Labute approximate surface area is 286 Å². The number of nitrogens with zero attached hydrogens (tertiary/aromatic N) is 2. The maximum absolute atomic E-state index is 12.8. The molecule has 0 saturated carbocycles. The smallest absolute Gasteiger partial charge is 0.417 e. The van der Waals surface area contributed by atoms with E-state index in [0.717, 1.165) is 49.8 Å². The summed E-state index contributed by atoms with van der Waals surface area (Å²) < 4.78 is 16.9. The Hall–Kier alpha value is -1.14. The summed E-state index contributed by atoms with van der Waals surface area (Å²) in [7, 11) is 3.63. The van der Waals surface area contributed by atoms with Gasteiger partial charge in [0, 0.05) is 20.6 Å². The molecular weight excluding hydrogens is 673 g/mol. The Morgan fingerprint density at radius 1 is 0.818 bits per heavy atom. The molecule has 1 N–H and O–H groups in total. The molecule has 0 aromatic carbocycles. The molecule has 0 aromatic heterocycles. The molecule has 1 aliphatic rings. The summed E-state index contributed by atoms with van der Waals surface area (Å²) in [4.78, 5) is 38.5. The number of piperidine rings is 1. The topological polar surface area (TPSA) is 94.2 Å². The van der Waals surface area contributed by atoms with Gasteiger partial charge in [0.05, 0.1) is 32.7 Å². The van der Waals surface area contributed by atoms with Crippen molar-refractivity contribution in [1.82, 2.24) is 10.2 Å². The Balaban J connectivity index is 0.0000185. The number of likely N-dealkylation sites (tertiary alicyclic amines) is 1. The van der Waals surface area contributed by atoms with Crippen LogP contribution in [0.5, 0.6) is 0 Å². The number of amides is 3. The number of ether oxygens (including phenoxy) is 3. The monoisotopic (exact) mass is 739 g/mol. The minimum absolute atomic E-state index is 0. The number of carbonyl (C=O) groups is 3. The summed E-state index contributed by atoms with van der Waals surface area (Å²) in [5, 5.41) is 2.79. The summed E-state index contributed by atoms with van der Waals surface area (Å²) in [6.07, 6.45) is 21.0. The van der Waals surface area contributed by atoms with Crippen LogP contribution in [0.2, 0.25) is 0 Å². The molecule has 44 heavy (non-hydrogen) atoms. The summed E-state index contributed by atoms with van der Waals surface area (Å²) in [6.45, 7) is 8.94. The lowest BCUT2D eigenvalue weighted by molar-refractivity contribution is -0.914. The molecule has 3 amide bonds. The van der Waals surface area contributed by atoms with Gasteiger partial charge in [0.15, 0.2) is 0 Å². The van der Waals surface area contributed by atoms with Gasteiger partial charge in [-0.3, -0.25) is 4.79 Å². The molecule has 0 aromatic rings. The lowest BCUT2D eigenvalue weighted by atomic mass is 10.0. The predicted molar refractivity (Wildman–Crippen MR) is 173 cm³/mol. The summed E-state index contributed by atoms with van der Waals surface area (Å²) >= 11 is 0. The van der Waals surface area contributed by atoms with Crippen LogP contribution in [0.4, 0.5) is 9.59 Å². The standard InChI is InChI=1S/C34H65N3O6.HI/c1-6-8-9-10-11-12-13-14-15-16-17-18-19-20-21-22-25-35-33(39)42-28-32(41-5)29-43-34(40)36(30(3)38)31-24-23-26-37(4,7-2)27-31;/h31-32H,6-29H2,1-5H3;1H. The SMILES string of the molecule is CCCCCCCCCCCCCCCCCCNC(=O)OCC(COC(=O)N(C(C)=O)C1CCC[N+](C)(CC)C1)OC.[I-]. The lowest BCUT2D eigenvalue weighted by Gasteiger charge is -2.43. The van der Waals surface area contributed by atoms with Crippen molar-refractivity contribution in [3.8, 4) is 0 Å². The van der Waals surface area contributed by atoms with Crippen LogP contribution >= 0.6 is 0 Å².